The number of rotatable bonds is 2. The first kappa shape index (κ1) is 15.6. The van der Waals surface area contributed by atoms with Gasteiger partial charge in [0.05, 0.1) is 5.52 Å². The number of carbonyl (C=O) groups excluding carboxylic acids is 1. The van der Waals surface area contributed by atoms with Crippen molar-refractivity contribution in [2.45, 2.75) is 38.8 Å². The van der Waals surface area contributed by atoms with Crippen LogP contribution in [0.3, 0.4) is 0 Å². The number of fused-ring (bicyclic) bond motifs is 1. The molecule has 2 heterocycles. The summed E-state index contributed by atoms with van der Waals surface area (Å²) < 4.78 is 5.43. The molecule has 1 saturated heterocycles. The van der Waals surface area contributed by atoms with Crippen molar-refractivity contribution >= 4 is 22.7 Å². The van der Waals surface area contributed by atoms with Crippen LogP contribution in [-0.4, -0.2) is 40.7 Å². The van der Waals surface area contributed by atoms with E-state index in [9.17, 15) is 4.79 Å². The summed E-state index contributed by atoms with van der Waals surface area (Å²) in [4.78, 5) is 18.2. The zero-order valence-electron chi connectivity index (χ0n) is 13.9. The number of pyridine rings is 1. The van der Waals surface area contributed by atoms with E-state index in [0.717, 1.165) is 29.6 Å². The van der Waals surface area contributed by atoms with Crippen LogP contribution in [0.2, 0.25) is 0 Å². The molecule has 1 aromatic carbocycles. The fourth-order valence-electron chi connectivity index (χ4n) is 2.77. The maximum absolute atomic E-state index is 12.1. The normalized spacial score (nSPS) is 18.2. The van der Waals surface area contributed by atoms with Crippen molar-refractivity contribution in [3.05, 3.63) is 36.5 Å². The van der Waals surface area contributed by atoms with Crippen molar-refractivity contribution in [3.63, 3.8) is 0 Å². The summed E-state index contributed by atoms with van der Waals surface area (Å²) >= 11 is 0. The van der Waals surface area contributed by atoms with Crippen LogP contribution in [0.15, 0.2) is 36.5 Å². The van der Waals surface area contributed by atoms with E-state index in [1.165, 1.54) is 0 Å². The molecule has 5 nitrogen and oxygen atoms in total. The SMILES string of the molecule is CC(C)(C)OC(=O)N1CC[C@H](Nc2ccc3ncccc3c2)C1. The maximum atomic E-state index is 12.1. The molecule has 1 amide bonds. The molecule has 5 heteroatoms. The molecule has 0 aliphatic carbocycles. The molecule has 0 unspecified atom stereocenters. The van der Waals surface area contributed by atoms with Gasteiger partial charge in [0.2, 0.25) is 0 Å². The summed E-state index contributed by atoms with van der Waals surface area (Å²) in [6, 6.07) is 10.4. The Labute approximate surface area is 136 Å². The van der Waals surface area contributed by atoms with Gasteiger partial charge in [-0.15, -0.1) is 0 Å². The minimum absolute atomic E-state index is 0.232. The Morgan fingerprint density at radius 2 is 2.17 bits per heavy atom. The van der Waals surface area contributed by atoms with Crippen molar-refractivity contribution in [1.82, 2.24) is 9.88 Å². The molecule has 122 valence electrons. The third-order valence-corrected chi connectivity index (χ3v) is 3.81. The topological polar surface area (TPSA) is 54.5 Å². The van der Waals surface area contributed by atoms with Gasteiger partial charge in [-0.2, -0.15) is 0 Å². The van der Waals surface area contributed by atoms with Gasteiger partial charge in [-0.1, -0.05) is 6.07 Å². The first-order valence-corrected chi connectivity index (χ1v) is 8.00. The van der Waals surface area contributed by atoms with Crippen LogP contribution in [0.1, 0.15) is 27.2 Å². The lowest BCUT2D eigenvalue weighted by molar-refractivity contribution is 0.0293. The average molecular weight is 313 g/mol. The van der Waals surface area contributed by atoms with Crippen LogP contribution in [0.4, 0.5) is 10.5 Å². The molecule has 1 aliphatic heterocycles. The molecule has 1 N–H and O–H groups in total. The van der Waals surface area contributed by atoms with Gasteiger partial charge in [-0.3, -0.25) is 4.98 Å². The quantitative estimate of drug-likeness (QED) is 0.919. The Kier molecular flexibility index (Phi) is 4.11. The Morgan fingerprint density at radius 3 is 2.96 bits per heavy atom. The lowest BCUT2D eigenvalue weighted by Crippen LogP contribution is -2.36. The highest BCUT2D eigenvalue weighted by atomic mass is 16.6. The number of nitrogens with zero attached hydrogens (tertiary/aromatic N) is 2. The monoisotopic (exact) mass is 313 g/mol. The molecule has 1 atom stereocenters. The molecule has 0 bridgehead atoms. The van der Waals surface area contributed by atoms with Gasteiger partial charge in [0.25, 0.3) is 0 Å². The van der Waals surface area contributed by atoms with Crippen LogP contribution in [-0.2, 0) is 4.74 Å². The van der Waals surface area contributed by atoms with Crippen molar-refractivity contribution in [2.24, 2.45) is 0 Å². The van der Waals surface area contributed by atoms with E-state index in [1.807, 2.05) is 39.0 Å². The molecule has 2 aromatic rings. The first-order chi connectivity index (χ1) is 10.9. The summed E-state index contributed by atoms with van der Waals surface area (Å²) in [5, 5.41) is 4.61. The number of aromatic nitrogens is 1. The van der Waals surface area contributed by atoms with Crippen molar-refractivity contribution < 1.29 is 9.53 Å². The minimum Gasteiger partial charge on any atom is -0.444 e. The standard InChI is InChI=1S/C18H23N3O2/c1-18(2,3)23-17(22)21-10-8-15(12-21)20-14-6-7-16-13(11-14)5-4-9-19-16/h4-7,9,11,15,20H,8,10,12H2,1-3H3/t15-/m0/s1. The largest absolute Gasteiger partial charge is 0.444 e. The Hall–Kier alpha value is -2.30. The molecule has 3 rings (SSSR count). The Morgan fingerprint density at radius 1 is 1.35 bits per heavy atom. The zero-order valence-corrected chi connectivity index (χ0v) is 13.9. The molecule has 0 radical (unpaired) electrons. The number of ether oxygens (including phenoxy) is 1. The van der Waals surface area contributed by atoms with Crippen LogP contribution >= 0.6 is 0 Å². The lowest BCUT2D eigenvalue weighted by Gasteiger charge is -2.24. The minimum atomic E-state index is -0.450. The number of carbonyl (C=O) groups is 1. The number of anilines is 1. The Bertz CT molecular complexity index is 709. The molecule has 0 spiro atoms. The molecule has 1 fully saturated rings. The molecule has 1 aliphatic rings. The van der Waals surface area contributed by atoms with Gasteiger partial charge in [0.1, 0.15) is 5.60 Å². The average Bonchev–Trinajstić information content (AvgIpc) is 2.94. The molecule has 0 saturated carbocycles. The van der Waals surface area contributed by atoms with E-state index >= 15 is 0 Å². The van der Waals surface area contributed by atoms with Crippen LogP contribution in [0.25, 0.3) is 10.9 Å². The maximum Gasteiger partial charge on any atom is 0.410 e. The van der Waals surface area contributed by atoms with Gasteiger partial charge < -0.3 is 15.0 Å². The van der Waals surface area contributed by atoms with E-state index in [0.29, 0.717) is 6.54 Å². The number of hydrogen-bond acceptors (Lipinski definition) is 4. The third kappa shape index (κ3) is 3.92. The third-order valence-electron chi connectivity index (χ3n) is 3.81. The zero-order chi connectivity index (χ0) is 16.4. The van der Waals surface area contributed by atoms with E-state index < -0.39 is 5.60 Å². The fraction of sp³-hybridized carbons (Fsp3) is 0.444. The van der Waals surface area contributed by atoms with E-state index in [2.05, 4.69) is 22.4 Å². The lowest BCUT2D eigenvalue weighted by atomic mass is 10.2. The molecular formula is C18H23N3O2. The van der Waals surface area contributed by atoms with E-state index in [1.54, 1.807) is 11.1 Å². The van der Waals surface area contributed by atoms with Gasteiger partial charge in [-0.05, 0) is 51.5 Å². The second-order valence-corrected chi connectivity index (χ2v) is 6.97. The number of amides is 1. The molecule has 23 heavy (non-hydrogen) atoms. The second-order valence-electron chi connectivity index (χ2n) is 6.97. The van der Waals surface area contributed by atoms with Crippen LogP contribution in [0.5, 0.6) is 0 Å². The highest BCUT2D eigenvalue weighted by Crippen LogP contribution is 2.21. The highest BCUT2D eigenvalue weighted by Gasteiger charge is 2.29. The predicted octanol–water partition coefficient (Wildman–Crippen LogP) is 3.66. The number of benzene rings is 1. The van der Waals surface area contributed by atoms with Gasteiger partial charge in [0, 0.05) is 36.4 Å². The van der Waals surface area contributed by atoms with Crippen LogP contribution in [0, 0.1) is 0 Å². The van der Waals surface area contributed by atoms with Gasteiger partial charge in [0.15, 0.2) is 0 Å². The smallest absolute Gasteiger partial charge is 0.410 e. The Balaban J connectivity index is 1.61. The summed E-state index contributed by atoms with van der Waals surface area (Å²) in [6.45, 7) is 7.06. The summed E-state index contributed by atoms with van der Waals surface area (Å²) in [5.74, 6) is 0. The summed E-state index contributed by atoms with van der Waals surface area (Å²) in [7, 11) is 0. The van der Waals surface area contributed by atoms with Gasteiger partial charge >= 0.3 is 6.09 Å². The molecule has 1 aromatic heterocycles. The van der Waals surface area contributed by atoms with Crippen molar-refractivity contribution in [2.75, 3.05) is 18.4 Å². The van der Waals surface area contributed by atoms with Crippen molar-refractivity contribution in [1.29, 1.82) is 0 Å². The van der Waals surface area contributed by atoms with Gasteiger partial charge in [-0.25, -0.2) is 4.79 Å². The first-order valence-electron chi connectivity index (χ1n) is 8.00. The van der Waals surface area contributed by atoms with Crippen molar-refractivity contribution in [3.8, 4) is 0 Å². The summed E-state index contributed by atoms with van der Waals surface area (Å²) in [5.41, 5.74) is 1.59. The summed E-state index contributed by atoms with van der Waals surface area (Å²) in [6.07, 6.45) is 2.49. The van der Waals surface area contributed by atoms with E-state index in [4.69, 9.17) is 4.74 Å². The predicted molar refractivity (Wildman–Crippen MR) is 91.6 cm³/mol. The number of nitrogens with one attached hydrogen (secondary N) is 1. The number of likely N-dealkylation sites (tertiary alicyclic amines) is 1. The second kappa shape index (κ2) is 6.07. The molecular weight excluding hydrogens is 290 g/mol. The van der Waals surface area contributed by atoms with E-state index in [-0.39, 0.29) is 12.1 Å². The fourth-order valence-corrected chi connectivity index (χ4v) is 2.77. The van der Waals surface area contributed by atoms with Crippen LogP contribution < -0.4 is 5.32 Å². The number of hydrogen-bond donors (Lipinski definition) is 1. The highest BCUT2D eigenvalue weighted by molar-refractivity contribution is 5.82.